The summed E-state index contributed by atoms with van der Waals surface area (Å²) in [5.41, 5.74) is 2.05. The third kappa shape index (κ3) is 2.99. The minimum atomic E-state index is -0.296. The molecule has 1 atom stereocenters. The average Bonchev–Trinajstić information content (AvgIpc) is 2.30. The van der Waals surface area contributed by atoms with E-state index in [1.165, 1.54) is 5.56 Å². The Kier molecular flexibility index (Phi) is 4.54. The topological polar surface area (TPSA) is 30.5 Å². The summed E-state index contributed by atoms with van der Waals surface area (Å²) in [6.45, 7) is 6.21. The molecule has 17 heavy (non-hydrogen) atoms. The van der Waals surface area contributed by atoms with Crippen LogP contribution >= 0.6 is 0 Å². The zero-order valence-corrected chi connectivity index (χ0v) is 11.6. The molecule has 0 aliphatic rings. The lowest BCUT2D eigenvalue weighted by Gasteiger charge is -2.34. The Morgan fingerprint density at radius 2 is 1.88 bits per heavy atom. The van der Waals surface area contributed by atoms with Gasteiger partial charge in [0.2, 0.25) is 0 Å². The average molecular weight is 237 g/mol. The van der Waals surface area contributed by atoms with Gasteiger partial charge in [-0.2, -0.15) is 0 Å². The number of methoxy groups -OCH3 is 2. The van der Waals surface area contributed by atoms with Gasteiger partial charge >= 0.3 is 0 Å². The van der Waals surface area contributed by atoms with Gasteiger partial charge in [0.05, 0.1) is 18.8 Å². The van der Waals surface area contributed by atoms with Gasteiger partial charge in [0.15, 0.2) is 0 Å². The molecule has 0 fully saturated rings. The van der Waals surface area contributed by atoms with E-state index in [0.717, 1.165) is 11.3 Å². The van der Waals surface area contributed by atoms with Crippen molar-refractivity contribution in [3.05, 3.63) is 29.3 Å². The Hall–Kier alpha value is -1.06. The number of hydrogen-bond donors (Lipinski definition) is 1. The van der Waals surface area contributed by atoms with Gasteiger partial charge in [-0.05, 0) is 33.9 Å². The maximum Gasteiger partial charge on any atom is 0.123 e. The molecule has 0 spiro atoms. The van der Waals surface area contributed by atoms with E-state index >= 15 is 0 Å². The third-order valence-electron chi connectivity index (χ3n) is 3.21. The minimum Gasteiger partial charge on any atom is -0.496 e. The molecule has 1 unspecified atom stereocenters. The monoisotopic (exact) mass is 237 g/mol. The van der Waals surface area contributed by atoms with Crippen LogP contribution in [0.1, 0.15) is 31.0 Å². The summed E-state index contributed by atoms with van der Waals surface area (Å²) in [7, 11) is 5.36. The van der Waals surface area contributed by atoms with Crippen LogP contribution in [-0.2, 0) is 4.74 Å². The Labute approximate surface area is 104 Å². The van der Waals surface area contributed by atoms with Crippen LogP contribution in [0, 0.1) is 6.92 Å². The summed E-state index contributed by atoms with van der Waals surface area (Å²) in [6.07, 6.45) is 0. The molecule has 0 heterocycles. The Balaban J connectivity index is 3.23. The lowest BCUT2D eigenvalue weighted by atomic mass is 9.90. The van der Waals surface area contributed by atoms with E-state index < -0.39 is 0 Å². The number of ether oxygens (including phenoxy) is 2. The van der Waals surface area contributed by atoms with Crippen molar-refractivity contribution >= 4 is 0 Å². The highest BCUT2D eigenvalue weighted by Crippen LogP contribution is 2.34. The molecule has 3 nitrogen and oxygen atoms in total. The lowest BCUT2D eigenvalue weighted by molar-refractivity contribution is -0.00957. The molecule has 1 N–H and O–H groups in total. The van der Waals surface area contributed by atoms with Gasteiger partial charge < -0.3 is 14.8 Å². The van der Waals surface area contributed by atoms with Gasteiger partial charge in [-0.3, -0.25) is 0 Å². The van der Waals surface area contributed by atoms with E-state index in [2.05, 4.69) is 38.2 Å². The lowest BCUT2D eigenvalue weighted by Crippen LogP contribution is -2.39. The molecule has 0 aliphatic carbocycles. The first kappa shape index (κ1) is 14.0. The summed E-state index contributed by atoms with van der Waals surface area (Å²) in [4.78, 5) is 0. The van der Waals surface area contributed by atoms with Crippen LogP contribution in [0.25, 0.3) is 0 Å². The van der Waals surface area contributed by atoms with Crippen LogP contribution in [0.3, 0.4) is 0 Å². The molecular formula is C14H23NO2. The molecule has 0 saturated heterocycles. The van der Waals surface area contributed by atoms with Crippen LogP contribution < -0.4 is 10.1 Å². The number of likely N-dealkylation sites (N-methyl/N-ethyl adjacent to an activating group) is 1. The second kappa shape index (κ2) is 5.52. The molecule has 1 aromatic rings. The number of hydrogen-bond acceptors (Lipinski definition) is 3. The molecule has 3 heteroatoms. The second-order valence-corrected chi connectivity index (χ2v) is 4.77. The Bertz CT molecular complexity index is 374. The fourth-order valence-corrected chi connectivity index (χ4v) is 2.07. The smallest absolute Gasteiger partial charge is 0.123 e. The van der Waals surface area contributed by atoms with Crippen LogP contribution in [0.4, 0.5) is 0 Å². The van der Waals surface area contributed by atoms with Gasteiger partial charge in [0.25, 0.3) is 0 Å². The van der Waals surface area contributed by atoms with E-state index in [1.54, 1.807) is 14.2 Å². The minimum absolute atomic E-state index is 0.0855. The van der Waals surface area contributed by atoms with Gasteiger partial charge in [-0.25, -0.2) is 0 Å². The van der Waals surface area contributed by atoms with Crippen LogP contribution in [-0.4, -0.2) is 26.9 Å². The van der Waals surface area contributed by atoms with E-state index in [0.29, 0.717) is 0 Å². The summed E-state index contributed by atoms with van der Waals surface area (Å²) in [5, 5.41) is 3.31. The molecule has 0 saturated carbocycles. The maximum atomic E-state index is 5.57. The summed E-state index contributed by atoms with van der Waals surface area (Å²) < 4.78 is 11.0. The number of rotatable bonds is 5. The first-order chi connectivity index (χ1) is 7.96. The molecule has 1 rings (SSSR count). The molecule has 0 amide bonds. The van der Waals surface area contributed by atoms with Crippen LogP contribution in [0.5, 0.6) is 5.75 Å². The summed E-state index contributed by atoms with van der Waals surface area (Å²) >= 11 is 0. The van der Waals surface area contributed by atoms with Gasteiger partial charge in [-0.1, -0.05) is 17.7 Å². The fourth-order valence-electron chi connectivity index (χ4n) is 2.07. The van der Waals surface area contributed by atoms with E-state index in [1.807, 2.05) is 13.1 Å². The van der Waals surface area contributed by atoms with Crippen molar-refractivity contribution in [1.82, 2.24) is 5.32 Å². The highest BCUT2D eigenvalue weighted by Gasteiger charge is 2.31. The van der Waals surface area contributed by atoms with Crippen molar-refractivity contribution in [3.8, 4) is 5.75 Å². The number of nitrogens with one attached hydrogen (secondary N) is 1. The van der Waals surface area contributed by atoms with Crippen LogP contribution in [0.2, 0.25) is 0 Å². The Morgan fingerprint density at radius 3 is 2.35 bits per heavy atom. The summed E-state index contributed by atoms with van der Waals surface area (Å²) in [6, 6.07) is 6.28. The van der Waals surface area contributed by atoms with E-state index in [-0.39, 0.29) is 11.6 Å². The number of benzene rings is 1. The first-order valence-corrected chi connectivity index (χ1v) is 5.83. The van der Waals surface area contributed by atoms with Gasteiger partial charge in [0.1, 0.15) is 5.75 Å². The molecule has 0 bridgehead atoms. The predicted octanol–water partition coefficient (Wildman–Crippen LogP) is 2.69. The van der Waals surface area contributed by atoms with Crippen molar-refractivity contribution in [2.24, 2.45) is 0 Å². The number of aryl methyl sites for hydroxylation is 1. The Morgan fingerprint density at radius 1 is 1.24 bits per heavy atom. The SMILES string of the molecule is CNC(c1cc(C)ccc1OC)C(C)(C)OC. The normalized spacial score (nSPS) is 13.5. The van der Waals surface area contributed by atoms with E-state index in [9.17, 15) is 0 Å². The predicted molar refractivity (Wildman–Crippen MR) is 70.6 cm³/mol. The van der Waals surface area contributed by atoms with E-state index in [4.69, 9.17) is 9.47 Å². The van der Waals surface area contributed by atoms with Crippen molar-refractivity contribution < 1.29 is 9.47 Å². The zero-order valence-electron chi connectivity index (χ0n) is 11.6. The highest BCUT2D eigenvalue weighted by molar-refractivity contribution is 5.40. The van der Waals surface area contributed by atoms with Crippen molar-refractivity contribution in [2.45, 2.75) is 32.4 Å². The largest absolute Gasteiger partial charge is 0.496 e. The zero-order chi connectivity index (χ0) is 13.1. The van der Waals surface area contributed by atoms with Crippen molar-refractivity contribution in [3.63, 3.8) is 0 Å². The molecule has 0 aliphatic heterocycles. The summed E-state index contributed by atoms with van der Waals surface area (Å²) in [5.74, 6) is 0.889. The highest BCUT2D eigenvalue weighted by atomic mass is 16.5. The van der Waals surface area contributed by atoms with Gasteiger partial charge in [0, 0.05) is 12.7 Å². The molecule has 96 valence electrons. The van der Waals surface area contributed by atoms with Gasteiger partial charge in [-0.15, -0.1) is 0 Å². The molecule has 1 aromatic carbocycles. The standard InChI is InChI=1S/C14H23NO2/c1-10-7-8-12(16-5)11(9-10)13(15-4)14(2,3)17-6/h7-9,13,15H,1-6H3. The molecule has 0 aromatic heterocycles. The second-order valence-electron chi connectivity index (χ2n) is 4.77. The quantitative estimate of drug-likeness (QED) is 0.854. The van der Waals surface area contributed by atoms with Crippen LogP contribution in [0.15, 0.2) is 18.2 Å². The van der Waals surface area contributed by atoms with Crippen molar-refractivity contribution in [1.29, 1.82) is 0 Å². The van der Waals surface area contributed by atoms with Crippen molar-refractivity contribution in [2.75, 3.05) is 21.3 Å². The third-order valence-corrected chi connectivity index (χ3v) is 3.21. The molecular weight excluding hydrogens is 214 g/mol. The molecule has 0 radical (unpaired) electrons. The fraction of sp³-hybridized carbons (Fsp3) is 0.571. The first-order valence-electron chi connectivity index (χ1n) is 5.83. The maximum absolute atomic E-state index is 5.57.